The molecule has 0 amide bonds. The number of aromatic amines is 1. The van der Waals surface area contributed by atoms with Crippen LogP contribution in [0.25, 0.3) is 17.3 Å². The van der Waals surface area contributed by atoms with Crippen molar-refractivity contribution in [3.8, 4) is 17.3 Å². The zero-order chi connectivity index (χ0) is 23.5. The highest BCUT2D eigenvalue weighted by atomic mass is 16.1. The van der Waals surface area contributed by atoms with Gasteiger partial charge in [-0.15, -0.1) is 5.10 Å². The van der Waals surface area contributed by atoms with Gasteiger partial charge in [-0.25, -0.2) is 19.4 Å². The average Bonchev–Trinajstić information content (AvgIpc) is 3.62. The topological polar surface area (TPSA) is 112 Å². The first kappa shape index (κ1) is 21.7. The van der Waals surface area contributed by atoms with E-state index in [9.17, 15) is 4.79 Å². The number of aliphatic imine (C=N–C) groups is 1. The van der Waals surface area contributed by atoms with Crippen molar-refractivity contribution in [1.82, 2.24) is 39.3 Å². The van der Waals surface area contributed by atoms with Crippen LogP contribution in [-0.4, -0.2) is 45.5 Å². The number of nitrogens with one attached hydrogen (secondary N) is 1. The highest BCUT2D eigenvalue weighted by molar-refractivity contribution is 5.65. The molecular weight excluding hydrogens is 430 g/mol. The Morgan fingerprint density at radius 2 is 2.15 bits per heavy atom. The monoisotopic (exact) mass is 457 g/mol. The first-order chi connectivity index (χ1) is 16.6. The molecule has 4 heterocycles. The molecule has 1 atom stereocenters. The lowest BCUT2D eigenvalue weighted by Crippen LogP contribution is -2.37. The van der Waals surface area contributed by atoms with E-state index in [1.807, 2.05) is 53.0 Å². The van der Waals surface area contributed by atoms with Crippen molar-refractivity contribution in [2.24, 2.45) is 4.99 Å². The lowest BCUT2D eigenvalue weighted by atomic mass is 9.76. The van der Waals surface area contributed by atoms with Crippen LogP contribution in [-0.2, 0) is 24.9 Å². The molecule has 1 N–H and O–H groups in total. The summed E-state index contributed by atoms with van der Waals surface area (Å²) in [5, 5.41) is 14.3. The van der Waals surface area contributed by atoms with Gasteiger partial charge in [-0.3, -0.25) is 9.56 Å². The van der Waals surface area contributed by atoms with E-state index in [1.165, 1.54) is 0 Å². The number of aryl methyl sites for hydroxylation is 2. The van der Waals surface area contributed by atoms with E-state index in [4.69, 9.17) is 0 Å². The molecule has 10 nitrogen and oxygen atoms in total. The number of imidazole rings is 2. The minimum atomic E-state index is -0.441. The molecule has 0 saturated carbocycles. The minimum Gasteiger partial charge on any atom is -0.317 e. The zero-order valence-electron chi connectivity index (χ0n) is 19.3. The summed E-state index contributed by atoms with van der Waals surface area (Å²) in [5.41, 5.74) is 2.42. The SMILES string of the molecule is CCCc1cn(-c2nccn2CC)c(=O)n1CC1(c2cccc(-c3nnn[nH]3)c2)C=CN=CC1. The molecule has 10 heteroatoms. The van der Waals surface area contributed by atoms with E-state index < -0.39 is 5.41 Å². The second-order valence-corrected chi connectivity index (χ2v) is 8.46. The Balaban J connectivity index is 1.61. The molecule has 0 fully saturated rings. The number of H-pyrrole nitrogens is 1. The maximum Gasteiger partial charge on any atom is 0.335 e. The van der Waals surface area contributed by atoms with Crippen molar-refractivity contribution in [3.05, 3.63) is 76.9 Å². The molecule has 1 aliphatic heterocycles. The summed E-state index contributed by atoms with van der Waals surface area (Å²) in [7, 11) is 0. The van der Waals surface area contributed by atoms with Gasteiger partial charge in [-0.1, -0.05) is 37.6 Å². The van der Waals surface area contributed by atoms with E-state index in [-0.39, 0.29) is 5.69 Å². The Bertz CT molecular complexity index is 1390. The summed E-state index contributed by atoms with van der Waals surface area (Å²) in [6, 6.07) is 8.13. The molecule has 3 aromatic heterocycles. The molecule has 0 bridgehead atoms. The van der Waals surface area contributed by atoms with Crippen molar-refractivity contribution in [2.45, 2.75) is 51.6 Å². The molecule has 34 heavy (non-hydrogen) atoms. The summed E-state index contributed by atoms with van der Waals surface area (Å²) in [6.07, 6.45) is 13.8. The predicted octanol–water partition coefficient (Wildman–Crippen LogP) is 2.91. The van der Waals surface area contributed by atoms with Crippen LogP contribution in [0.2, 0.25) is 0 Å². The molecule has 0 saturated heterocycles. The number of allylic oxidation sites excluding steroid dienone is 1. The maximum atomic E-state index is 13.7. The fraction of sp³-hybridized carbons (Fsp3) is 0.333. The van der Waals surface area contributed by atoms with Gasteiger partial charge in [-0.05, 0) is 41.8 Å². The second-order valence-electron chi connectivity index (χ2n) is 8.46. The Morgan fingerprint density at radius 3 is 2.88 bits per heavy atom. The third kappa shape index (κ3) is 3.81. The average molecular weight is 458 g/mol. The second kappa shape index (κ2) is 9.05. The van der Waals surface area contributed by atoms with Crippen LogP contribution in [0.4, 0.5) is 0 Å². The summed E-state index contributed by atoms with van der Waals surface area (Å²) in [6.45, 7) is 5.39. The number of tetrazole rings is 1. The third-order valence-corrected chi connectivity index (χ3v) is 6.35. The summed E-state index contributed by atoms with van der Waals surface area (Å²) in [5.74, 6) is 1.24. The van der Waals surface area contributed by atoms with Crippen LogP contribution in [0.15, 0.2) is 64.9 Å². The molecule has 0 spiro atoms. The van der Waals surface area contributed by atoms with Gasteiger partial charge in [0.2, 0.25) is 5.95 Å². The van der Waals surface area contributed by atoms with Gasteiger partial charge in [0.15, 0.2) is 5.82 Å². The van der Waals surface area contributed by atoms with Gasteiger partial charge in [0.1, 0.15) is 0 Å². The van der Waals surface area contributed by atoms with E-state index in [0.29, 0.717) is 24.7 Å². The normalized spacial score (nSPS) is 17.5. The molecule has 1 aliphatic rings. The summed E-state index contributed by atoms with van der Waals surface area (Å²) in [4.78, 5) is 22.5. The predicted molar refractivity (Wildman–Crippen MR) is 129 cm³/mol. The first-order valence-corrected chi connectivity index (χ1v) is 11.5. The Kier molecular flexibility index (Phi) is 5.79. The minimum absolute atomic E-state index is 0.0878. The first-order valence-electron chi connectivity index (χ1n) is 11.5. The number of hydrogen-bond donors (Lipinski definition) is 1. The largest absolute Gasteiger partial charge is 0.335 e. The number of rotatable bonds is 8. The van der Waals surface area contributed by atoms with Crippen molar-refractivity contribution in [2.75, 3.05) is 0 Å². The Labute approximate surface area is 196 Å². The fourth-order valence-electron chi connectivity index (χ4n) is 4.56. The highest BCUT2D eigenvalue weighted by Gasteiger charge is 2.33. The van der Waals surface area contributed by atoms with Gasteiger partial charge in [0.05, 0.1) is 0 Å². The van der Waals surface area contributed by atoms with Gasteiger partial charge in [0.25, 0.3) is 0 Å². The smallest absolute Gasteiger partial charge is 0.317 e. The van der Waals surface area contributed by atoms with E-state index in [1.54, 1.807) is 10.8 Å². The van der Waals surface area contributed by atoms with Crippen LogP contribution >= 0.6 is 0 Å². The van der Waals surface area contributed by atoms with Gasteiger partial charge in [-0.2, -0.15) is 0 Å². The number of benzene rings is 1. The summed E-state index contributed by atoms with van der Waals surface area (Å²) < 4.78 is 5.53. The fourth-order valence-corrected chi connectivity index (χ4v) is 4.56. The zero-order valence-corrected chi connectivity index (χ0v) is 19.3. The van der Waals surface area contributed by atoms with E-state index >= 15 is 0 Å². The van der Waals surface area contributed by atoms with Crippen molar-refractivity contribution >= 4 is 6.21 Å². The lowest BCUT2D eigenvalue weighted by Gasteiger charge is -2.32. The summed E-state index contributed by atoms with van der Waals surface area (Å²) >= 11 is 0. The van der Waals surface area contributed by atoms with Crippen molar-refractivity contribution in [1.29, 1.82) is 0 Å². The quantitative estimate of drug-likeness (QED) is 0.437. The van der Waals surface area contributed by atoms with Gasteiger partial charge in [0, 0.05) is 60.8 Å². The molecule has 1 unspecified atom stereocenters. The molecule has 0 aliphatic carbocycles. The van der Waals surface area contributed by atoms with E-state index in [2.05, 4.69) is 55.7 Å². The number of nitrogens with zero attached hydrogens (tertiary/aromatic N) is 8. The molecule has 1 aromatic carbocycles. The lowest BCUT2D eigenvalue weighted by molar-refractivity contribution is 0.439. The maximum absolute atomic E-state index is 13.7. The van der Waals surface area contributed by atoms with Crippen LogP contribution < -0.4 is 5.69 Å². The molecule has 5 rings (SSSR count). The third-order valence-electron chi connectivity index (χ3n) is 6.35. The van der Waals surface area contributed by atoms with Crippen LogP contribution in [0.5, 0.6) is 0 Å². The van der Waals surface area contributed by atoms with Crippen molar-refractivity contribution < 1.29 is 0 Å². The Hall–Kier alpha value is -4.08. The van der Waals surface area contributed by atoms with Crippen LogP contribution in [0, 0.1) is 0 Å². The molecule has 0 radical (unpaired) electrons. The molecule has 4 aromatic rings. The van der Waals surface area contributed by atoms with E-state index in [0.717, 1.165) is 36.2 Å². The molecule has 174 valence electrons. The van der Waals surface area contributed by atoms with Crippen molar-refractivity contribution in [3.63, 3.8) is 0 Å². The van der Waals surface area contributed by atoms with Crippen LogP contribution in [0.1, 0.15) is 37.9 Å². The number of hydrogen-bond acceptors (Lipinski definition) is 6. The van der Waals surface area contributed by atoms with Gasteiger partial charge < -0.3 is 4.57 Å². The van der Waals surface area contributed by atoms with Crippen LogP contribution in [0.3, 0.4) is 0 Å². The molecular formula is C24H27N9O. The number of aromatic nitrogens is 8. The standard InChI is InChI=1S/C24H27N9O/c1-3-6-20-16-32(22-26-13-14-31(22)4-2)23(34)33(20)17-24(9-11-25-12-10-24)19-8-5-7-18(15-19)21-27-29-30-28-21/h5,7-9,11-16H,3-4,6,10,17H2,1-2H3,(H,27,28,29,30). The Morgan fingerprint density at radius 1 is 1.24 bits per heavy atom. The van der Waals surface area contributed by atoms with Gasteiger partial charge >= 0.3 is 5.69 Å². The highest BCUT2D eigenvalue weighted by Crippen LogP contribution is 2.35.